The van der Waals surface area contributed by atoms with E-state index in [-0.39, 0.29) is 23.7 Å². The van der Waals surface area contributed by atoms with Crippen LogP contribution >= 0.6 is 0 Å². The maximum absolute atomic E-state index is 14.9. The Hall–Kier alpha value is -3.47. The number of halogens is 1. The van der Waals surface area contributed by atoms with Crippen LogP contribution in [0, 0.1) is 12.3 Å². The van der Waals surface area contributed by atoms with E-state index < -0.39 is 6.17 Å². The molecule has 5 heteroatoms. The summed E-state index contributed by atoms with van der Waals surface area (Å²) in [6, 6.07) is 17.2. The molecule has 0 amide bonds. The molecule has 3 aromatic carbocycles. The van der Waals surface area contributed by atoms with Crippen molar-refractivity contribution in [2.45, 2.75) is 33.5 Å². The van der Waals surface area contributed by atoms with Crippen LogP contribution < -0.4 is 4.74 Å². The highest BCUT2D eigenvalue weighted by atomic mass is 19.1. The molecule has 0 saturated heterocycles. The number of phenols is 1. The Morgan fingerprint density at radius 1 is 1.07 bits per heavy atom. The van der Waals surface area contributed by atoms with Gasteiger partial charge in [0.25, 0.3) is 0 Å². The van der Waals surface area contributed by atoms with Gasteiger partial charge in [0.2, 0.25) is 0 Å². The van der Waals surface area contributed by atoms with E-state index in [9.17, 15) is 14.3 Å². The third-order valence-corrected chi connectivity index (χ3v) is 5.04. The molecule has 2 N–H and O–H groups in total. The van der Waals surface area contributed by atoms with Crippen molar-refractivity contribution in [1.82, 2.24) is 0 Å². The van der Waals surface area contributed by atoms with Crippen LogP contribution in [0.5, 0.6) is 11.5 Å². The molecule has 0 saturated carbocycles. The summed E-state index contributed by atoms with van der Waals surface area (Å²) >= 11 is 0. The summed E-state index contributed by atoms with van der Waals surface area (Å²) in [5.41, 5.74) is 3.76. The molecular weight excluding hydrogens is 381 g/mol. The van der Waals surface area contributed by atoms with Crippen molar-refractivity contribution in [2.24, 2.45) is 0 Å². The number of ether oxygens (including phenoxy) is 1. The van der Waals surface area contributed by atoms with Gasteiger partial charge >= 0.3 is 0 Å². The lowest BCUT2D eigenvalue weighted by molar-refractivity contribution is 0.101. The van der Waals surface area contributed by atoms with E-state index in [0.717, 1.165) is 5.56 Å². The zero-order chi connectivity index (χ0) is 21.8. The second-order valence-corrected chi connectivity index (χ2v) is 7.28. The molecule has 0 spiro atoms. The van der Waals surface area contributed by atoms with E-state index in [2.05, 4.69) is 0 Å². The first-order valence-corrected chi connectivity index (χ1v) is 9.62. The van der Waals surface area contributed by atoms with E-state index in [4.69, 9.17) is 10.1 Å². The van der Waals surface area contributed by atoms with Gasteiger partial charge in [0, 0.05) is 11.3 Å². The van der Waals surface area contributed by atoms with Crippen molar-refractivity contribution in [3.63, 3.8) is 0 Å². The quantitative estimate of drug-likeness (QED) is 0.378. The van der Waals surface area contributed by atoms with Crippen LogP contribution in [0.1, 0.15) is 58.2 Å². The van der Waals surface area contributed by atoms with Gasteiger partial charge in [0.1, 0.15) is 18.1 Å². The standard InChI is InChI=1S/C25H24FNO3/c1-15-23(12-11-22(17(3)28)25(15)29)30-14-18-7-9-19(10-8-18)24(26)21-6-4-5-20(13-21)16(2)27/h4-13,24,27,29H,14H2,1-3H3. The van der Waals surface area contributed by atoms with Crippen LogP contribution in [0.15, 0.2) is 60.7 Å². The minimum Gasteiger partial charge on any atom is -0.507 e. The van der Waals surface area contributed by atoms with Gasteiger partial charge in [-0.1, -0.05) is 42.5 Å². The van der Waals surface area contributed by atoms with Crippen molar-refractivity contribution in [1.29, 1.82) is 5.41 Å². The maximum Gasteiger partial charge on any atom is 0.163 e. The molecule has 154 valence electrons. The monoisotopic (exact) mass is 405 g/mol. The molecule has 0 aliphatic heterocycles. The van der Waals surface area contributed by atoms with Crippen LogP contribution in [0.25, 0.3) is 0 Å². The second-order valence-electron chi connectivity index (χ2n) is 7.28. The van der Waals surface area contributed by atoms with E-state index in [1.807, 2.05) is 0 Å². The van der Waals surface area contributed by atoms with Crippen molar-refractivity contribution < 1.29 is 19.0 Å². The number of phenolic OH excluding ortho intramolecular Hbond substituents is 1. The third-order valence-electron chi connectivity index (χ3n) is 5.04. The molecule has 4 nitrogen and oxygen atoms in total. The lowest BCUT2D eigenvalue weighted by Gasteiger charge is -2.13. The summed E-state index contributed by atoms with van der Waals surface area (Å²) in [7, 11) is 0. The van der Waals surface area contributed by atoms with Gasteiger partial charge < -0.3 is 15.3 Å². The normalized spacial score (nSPS) is 11.7. The molecule has 0 radical (unpaired) electrons. The van der Waals surface area contributed by atoms with Gasteiger partial charge in [-0.3, -0.25) is 4.79 Å². The Morgan fingerprint density at radius 3 is 2.40 bits per heavy atom. The molecule has 0 heterocycles. The molecule has 0 aliphatic carbocycles. The molecule has 0 aliphatic rings. The van der Waals surface area contributed by atoms with Crippen LogP contribution in [0.4, 0.5) is 4.39 Å². The number of alkyl halides is 1. The minimum atomic E-state index is -1.28. The fourth-order valence-electron chi connectivity index (χ4n) is 3.19. The number of Topliss-reactive ketones (excluding diaryl/α,β-unsaturated/α-hetero) is 1. The molecule has 3 aromatic rings. The summed E-state index contributed by atoms with van der Waals surface area (Å²) in [6.45, 7) is 5.02. The highest BCUT2D eigenvalue weighted by Gasteiger charge is 2.15. The van der Waals surface area contributed by atoms with Gasteiger partial charge in [-0.15, -0.1) is 0 Å². The fourth-order valence-corrected chi connectivity index (χ4v) is 3.19. The average molecular weight is 405 g/mol. The first-order chi connectivity index (χ1) is 14.3. The highest BCUT2D eigenvalue weighted by molar-refractivity contribution is 5.97. The molecule has 0 aromatic heterocycles. The van der Waals surface area contributed by atoms with Crippen molar-refractivity contribution in [3.05, 3.63) is 94.0 Å². The Labute approximate surface area is 175 Å². The van der Waals surface area contributed by atoms with E-state index in [0.29, 0.717) is 33.7 Å². The van der Waals surface area contributed by atoms with Gasteiger partial charge in [0.05, 0.1) is 5.56 Å². The number of rotatable bonds is 7. The van der Waals surface area contributed by atoms with Crippen LogP contribution in [0.2, 0.25) is 0 Å². The molecule has 30 heavy (non-hydrogen) atoms. The average Bonchev–Trinajstić information content (AvgIpc) is 2.74. The third kappa shape index (κ3) is 4.57. The number of hydrogen-bond donors (Lipinski definition) is 2. The fraction of sp³-hybridized carbons (Fsp3) is 0.200. The number of carbonyl (C=O) groups excluding carboxylic acids is 1. The number of ketones is 1. The topological polar surface area (TPSA) is 70.4 Å². The molecule has 3 rings (SSSR count). The molecule has 1 unspecified atom stereocenters. The highest BCUT2D eigenvalue weighted by Crippen LogP contribution is 2.31. The Kier molecular flexibility index (Phi) is 6.31. The summed E-state index contributed by atoms with van der Waals surface area (Å²) in [6.07, 6.45) is -1.28. The van der Waals surface area contributed by atoms with Gasteiger partial charge in [0.15, 0.2) is 12.0 Å². The zero-order valence-electron chi connectivity index (χ0n) is 17.2. The number of carbonyl (C=O) groups is 1. The summed E-state index contributed by atoms with van der Waals surface area (Å²) in [5.74, 6) is 0.210. The Morgan fingerprint density at radius 2 is 1.77 bits per heavy atom. The lowest BCUT2D eigenvalue weighted by Crippen LogP contribution is -2.01. The number of nitrogens with one attached hydrogen (secondary N) is 1. The van der Waals surface area contributed by atoms with Gasteiger partial charge in [-0.05, 0) is 61.2 Å². The van der Waals surface area contributed by atoms with Crippen LogP contribution in [-0.2, 0) is 6.61 Å². The lowest BCUT2D eigenvalue weighted by atomic mass is 9.99. The Bertz CT molecular complexity index is 1090. The maximum atomic E-state index is 14.9. The second kappa shape index (κ2) is 8.91. The van der Waals surface area contributed by atoms with Crippen molar-refractivity contribution in [3.8, 4) is 11.5 Å². The predicted octanol–water partition coefficient (Wildman–Crippen LogP) is 5.93. The Balaban J connectivity index is 1.71. The van der Waals surface area contributed by atoms with E-state index in [1.165, 1.54) is 6.92 Å². The van der Waals surface area contributed by atoms with Crippen molar-refractivity contribution in [2.75, 3.05) is 0 Å². The summed E-state index contributed by atoms with van der Waals surface area (Å²) in [5, 5.41) is 17.9. The number of benzene rings is 3. The molecule has 0 fully saturated rings. The smallest absolute Gasteiger partial charge is 0.163 e. The van der Waals surface area contributed by atoms with E-state index >= 15 is 0 Å². The number of aromatic hydroxyl groups is 1. The predicted molar refractivity (Wildman–Crippen MR) is 116 cm³/mol. The van der Waals surface area contributed by atoms with Gasteiger partial charge in [-0.2, -0.15) is 0 Å². The van der Waals surface area contributed by atoms with Crippen molar-refractivity contribution >= 4 is 11.5 Å². The first kappa shape index (κ1) is 21.2. The van der Waals surface area contributed by atoms with Crippen LogP contribution in [-0.4, -0.2) is 16.6 Å². The summed E-state index contributed by atoms with van der Waals surface area (Å²) in [4.78, 5) is 11.5. The largest absolute Gasteiger partial charge is 0.507 e. The van der Waals surface area contributed by atoms with E-state index in [1.54, 1.807) is 74.5 Å². The molecule has 0 bridgehead atoms. The zero-order valence-corrected chi connectivity index (χ0v) is 17.2. The number of hydrogen-bond acceptors (Lipinski definition) is 4. The first-order valence-electron chi connectivity index (χ1n) is 9.62. The van der Waals surface area contributed by atoms with Gasteiger partial charge in [-0.25, -0.2) is 4.39 Å². The van der Waals surface area contributed by atoms with Crippen LogP contribution in [0.3, 0.4) is 0 Å². The minimum absolute atomic E-state index is 0.0713. The SMILES string of the molecule is CC(=N)c1cccc(C(F)c2ccc(COc3ccc(C(C)=O)c(O)c3C)cc2)c1. The summed E-state index contributed by atoms with van der Waals surface area (Å²) < 4.78 is 20.7. The molecular formula is C25H24FNO3. The molecule has 1 atom stereocenters.